The summed E-state index contributed by atoms with van der Waals surface area (Å²) < 4.78 is 6.32. The SMILES string of the molecule is C#CCN1C(=O)[C@H](C)[C@@H]2CC[C@@H](C)[C@@H]3CC[C@@]4(C)OO[C@]32[C@H]1O4. The molecule has 5 rings (SSSR count). The highest BCUT2D eigenvalue weighted by molar-refractivity contribution is 5.81. The third-order valence-corrected chi connectivity index (χ3v) is 6.62. The zero-order valence-electron chi connectivity index (χ0n) is 14.1. The molecule has 5 heteroatoms. The summed E-state index contributed by atoms with van der Waals surface area (Å²) in [5.74, 6) is 2.75. The molecule has 7 atom stereocenters. The van der Waals surface area contributed by atoms with Gasteiger partial charge in [-0.1, -0.05) is 19.8 Å². The van der Waals surface area contributed by atoms with Crippen LogP contribution >= 0.6 is 0 Å². The molecule has 0 aromatic carbocycles. The van der Waals surface area contributed by atoms with E-state index in [4.69, 9.17) is 20.9 Å². The number of hydrogen-bond donors (Lipinski definition) is 0. The lowest BCUT2D eigenvalue weighted by atomic mass is 9.57. The number of nitrogens with zero attached hydrogens (tertiary/aromatic N) is 1. The summed E-state index contributed by atoms with van der Waals surface area (Å²) >= 11 is 0. The van der Waals surface area contributed by atoms with E-state index in [0.717, 1.165) is 25.7 Å². The Hall–Kier alpha value is -1.09. The molecular formula is C18H25NO4. The van der Waals surface area contributed by atoms with Crippen molar-refractivity contribution in [3.63, 3.8) is 0 Å². The largest absolute Gasteiger partial charge is 0.321 e. The highest BCUT2D eigenvalue weighted by Gasteiger charge is 2.70. The average molecular weight is 319 g/mol. The molecule has 1 saturated carbocycles. The van der Waals surface area contributed by atoms with Crippen LogP contribution in [0.1, 0.15) is 46.5 Å². The van der Waals surface area contributed by atoms with E-state index in [1.807, 2.05) is 13.8 Å². The van der Waals surface area contributed by atoms with E-state index < -0.39 is 17.6 Å². The van der Waals surface area contributed by atoms with E-state index in [-0.39, 0.29) is 24.3 Å². The maximum absolute atomic E-state index is 12.9. The second-order valence-corrected chi connectivity index (χ2v) is 7.89. The zero-order chi connectivity index (χ0) is 16.4. The fourth-order valence-electron chi connectivity index (χ4n) is 5.41. The molecule has 0 radical (unpaired) electrons. The van der Waals surface area contributed by atoms with E-state index in [9.17, 15) is 4.79 Å². The summed E-state index contributed by atoms with van der Waals surface area (Å²) in [6.45, 7) is 6.43. The minimum Gasteiger partial charge on any atom is -0.321 e. The summed E-state index contributed by atoms with van der Waals surface area (Å²) in [5, 5.41) is 0. The van der Waals surface area contributed by atoms with E-state index in [1.165, 1.54) is 0 Å². The van der Waals surface area contributed by atoms with Crippen molar-refractivity contribution in [1.82, 2.24) is 4.90 Å². The van der Waals surface area contributed by atoms with Crippen molar-refractivity contribution in [2.24, 2.45) is 23.7 Å². The van der Waals surface area contributed by atoms with Gasteiger partial charge in [0.25, 0.3) is 0 Å². The van der Waals surface area contributed by atoms with Crippen molar-refractivity contribution in [3.8, 4) is 12.3 Å². The number of carbonyl (C=O) groups is 1. The molecule has 5 aliphatic rings. The van der Waals surface area contributed by atoms with Gasteiger partial charge in [-0.05, 0) is 38.0 Å². The highest BCUT2D eigenvalue weighted by atomic mass is 17.3. The molecule has 23 heavy (non-hydrogen) atoms. The highest BCUT2D eigenvalue weighted by Crippen LogP contribution is 2.60. The number of hydrogen-bond acceptors (Lipinski definition) is 4. The molecule has 126 valence electrons. The molecule has 1 aliphatic carbocycles. The monoisotopic (exact) mass is 319 g/mol. The summed E-state index contributed by atoms with van der Waals surface area (Å²) in [7, 11) is 0. The van der Waals surface area contributed by atoms with Crippen LogP contribution < -0.4 is 0 Å². The maximum atomic E-state index is 12.9. The first-order chi connectivity index (χ1) is 10.9. The van der Waals surface area contributed by atoms with E-state index in [2.05, 4.69) is 12.8 Å². The van der Waals surface area contributed by atoms with Crippen molar-refractivity contribution >= 4 is 5.91 Å². The molecule has 0 aromatic rings. The zero-order valence-corrected chi connectivity index (χ0v) is 14.1. The van der Waals surface area contributed by atoms with Crippen molar-refractivity contribution < 1.29 is 19.3 Å². The lowest BCUT2D eigenvalue weighted by Gasteiger charge is -2.61. The maximum Gasteiger partial charge on any atom is 0.228 e. The molecule has 2 bridgehead atoms. The van der Waals surface area contributed by atoms with Gasteiger partial charge in [0.05, 0.1) is 6.54 Å². The summed E-state index contributed by atoms with van der Waals surface area (Å²) in [6.07, 6.45) is 8.95. The first-order valence-corrected chi connectivity index (χ1v) is 8.71. The van der Waals surface area contributed by atoms with Crippen LogP contribution in [0.3, 0.4) is 0 Å². The lowest BCUT2D eigenvalue weighted by molar-refractivity contribution is -0.547. The number of fused-ring (bicyclic) bond motifs is 2. The number of carbonyl (C=O) groups excluding carboxylic acids is 1. The molecule has 0 aromatic heterocycles. The molecule has 0 N–H and O–H groups in total. The van der Waals surface area contributed by atoms with Gasteiger partial charge in [-0.3, -0.25) is 4.79 Å². The summed E-state index contributed by atoms with van der Waals surface area (Å²) in [4.78, 5) is 26.5. The third kappa shape index (κ3) is 1.89. The number of amides is 1. The molecule has 0 unspecified atom stereocenters. The minimum absolute atomic E-state index is 0.0802. The van der Waals surface area contributed by atoms with Crippen LogP contribution in [0.4, 0.5) is 0 Å². The van der Waals surface area contributed by atoms with Crippen LogP contribution in [0.15, 0.2) is 0 Å². The Kier molecular flexibility index (Phi) is 3.32. The number of piperidine rings is 1. The smallest absolute Gasteiger partial charge is 0.228 e. The van der Waals surface area contributed by atoms with Gasteiger partial charge in [0, 0.05) is 18.3 Å². The standard InChI is InChI=1S/C18H25NO4/c1-5-10-19-15(20)12(3)14-7-6-11(2)13-8-9-17(4)21-16(19)18(13,14)23-22-17/h1,11-14,16H,6-10H2,2-4H3/t11-,12-,13+,14+,16-,17-,18-/m1/s1. The van der Waals surface area contributed by atoms with E-state index >= 15 is 0 Å². The average Bonchev–Trinajstić information content (AvgIpc) is 2.76. The van der Waals surface area contributed by atoms with Crippen molar-refractivity contribution in [1.29, 1.82) is 0 Å². The first kappa shape index (κ1) is 15.4. The molecule has 1 spiro atoms. The van der Waals surface area contributed by atoms with Gasteiger partial charge in [0.15, 0.2) is 11.8 Å². The quantitative estimate of drug-likeness (QED) is 0.550. The van der Waals surface area contributed by atoms with Crippen LogP contribution in [-0.4, -0.2) is 35.0 Å². The van der Waals surface area contributed by atoms with Gasteiger partial charge in [-0.15, -0.1) is 6.42 Å². The third-order valence-electron chi connectivity index (χ3n) is 6.62. The Morgan fingerprint density at radius 2 is 2.04 bits per heavy atom. The minimum atomic E-state index is -0.800. The fraction of sp³-hybridized carbons (Fsp3) is 0.833. The second kappa shape index (κ2) is 4.95. The molecular weight excluding hydrogens is 294 g/mol. The number of likely N-dealkylation sites (tertiary alicyclic amines) is 1. The van der Waals surface area contributed by atoms with Gasteiger partial charge in [0.2, 0.25) is 11.7 Å². The predicted molar refractivity (Wildman–Crippen MR) is 82.5 cm³/mol. The Balaban J connectivity index is 1.87. The Labute approximate surface area is 137 Å². The van der Waals surface area contributed by atoms with Gasteiger partial charge in [0.1, 0.15) is 0 Å². The molecule has 4 aliphatic heterocycles. The molecule has 1 amide bonds. The summed E-state index contributed by atoms with van der Waals surface area (Å²) in [5.41, 5.74) is -0.585. The van der Waals surface area contributed by atoms with Crippen LogP contribution in [-0.2, 0) is 19.3 Å². The van der Waals surface area contributed by atoms with Crippen LogP contribution in [0.5, 0.6) is 0 Å². The normalized spacial score (nSPS) is 51.8. The van der Waals surface area contributed by atoms with E-state index in [0.29, 0.717) is 11.8 Å². The van der Waals surface area contributed by atoms with Crippen LogP contribution in [0, 0.1) is 36.0 Å². The van der Waals surface area contributed by atoms with Crippen molar-refractivity contribution in [2.45, 2.75) is 64.1 Å². The second-order valence-electron chi connectivity index (χ2n) is 7.89. The summed E-state index contributed by atoms with van der Waals surface area (Å²) in [6, 6.07) is 0. The Bertz CT molecular complexity index is 572. The molecule has 5 nitrogen and oxygen atoms in total. The van der Waals surface area contributed by atoms with Gasteiger partial charge in [-0.25, -0.2) is 9.78 Å². The molecule has 4 heterocycles. The number of ether oxygens (including phenoxy) is 1. The fourth-order valence-corrected chi connectivity index (χ4v) is 5.41. The van der Waals surface area contributed by atoms with Crippen LogP contribution in [0.2, 0.25) is 0 Å². The van der Waals surface area contributed by atoms with Gasteiger partial charge < -0.3 is 9.64 Å². The lowest BCUT2D eigenvalue weighted by Crippen LogP contribution is -2.74. The van der Waals surface area contributed by atoms with Crippen LogP contribution in [0.25, 0.3) is 0 Å². The molecule has 4 saturated heterocycles. The van der Waals surface area contributed by atoms with Crippen molar-refractivity contribution in [2.75, 3.05) is 6.54 Å². The number of rotatable bonds is 1. The topological polar surface area (TPSA) is 48.0 Å². The Morgan fingerprint density at radius 3 is 2.78 bits per heavy atom. The van der Waals surface area contributed by atoms with Crippen molar-refractivity contribution in [3.05, 3.63) is 0 Å². The first-order valence-electron chi connectivity index (χ1n) is 8.71. The number of terminal acetylenes is 1. The van der Waals surface area contributed by atoms with Gasteiger partial charge >= 0.3 is 0 Å². The van der Waals surface area contributed by atoms with E-state index in [1.54, 1.807) is 4.90 Å². The predicted octanol–water partition coefficient (Wildman–Crippen LogP) is 2.31. The Morgan fingerprint density at radius 1 is 1.26 bits per heavy atom. The van der Waals surface area contributed by atoms with Gasteiger partial charge in [-0.2, -0.15) is 0 Å². The molecule has 5 fully saturated rings.